The molecule has 1 unspecified atom stereocenters. The Morgan fingerprint density at radius 1 is 1.62 bits per heavy atom. The molecule has 4 nitrogen and oxygen atoms in total. The molecule has 16 heavy (non-hydrogen) atoms. The van der Waals surface area contributed by atoms with E-state index >= 15 is 0 Å². The average molecular weight is 216 g/mol. The summed E-state index contributed by atoms with van der Waals surface area (Å²) in [4.78, 5) is 6.54. The van der Waals surface area contributed by atoms with Crippen LogP contribution in [-0.4, -0.2) is 36.1 Å². The van der Waals surface area contributed by atoms with Crippen LogP contribution in [0.3, 0.4) is 0 Å². The second-order valence-electron chi connectivity index (χ2n) is 4.29. The largest absolute Gasteiger partial charge is 0.366 e. The van der Waals surface area contributed by atoms with Gasteiger partial charge in [-0.2, -0.15) is 5.26 Å². The van der Waals surface area contributed by atoms with E-state index in [1.54, 1.807) is 18.3 Å². The molecule has 1 aliphatic heterocycles. The van der Waals surface area contributed by atoms with Crippen LogP contribution in [-0.2, 0) is 0 Å². The molecule has 0 spiro atoms. The molecule has 0 saturated carbocycles. The number of nitriles is 1. The highest BCUT2D eigenvalue weighted by atomic mass is 15.1. The second-order valence-corrected chi connectivity index (χ2v) is 4.29. The first-order valence-electron chi connectivity index (χ1n) is 5.59. The molecule has 0 amide bonds. The first-order valence-corrected chi connectivity index (χ1v) is 5.59. The highest BCUT2D eigenvalue weighted by Gasteiger charge is 2.16. The summed E-state index contributed by atoms with van der Waals surface area (Å²) in [6.07, 6.45) is 4.06. The van der Waals surface area contributed by atoms with Gasteiger partial charge in [-0.3, -0.25) is 0 Å². The highest BCUT2D eigenvalue weighted by molar-refractivity contribution is 5.43. The maximum Gasteiger partial charge on any atom is 0.127 e. The molecule has 1 aromatic rings. The van der Waals surface area contributed by atoms with Crippen LogP contribution in [0, 0.1) is 11.3 Å². The number of pyridine rings is 1. The smallest absolute Gasteiger partial charge is 0.127 e. The van der Waals surface area contributed by atoms with Gasteiger partial charge in [0.2, 0.25) is 0 Å². The summed E-state index contributed by atoms with van der Waals surface area (Å²) in [5, 5.41) is 12.2. The van der Waals surface area contributed by atoms with Gasteiger partial charge in [0.15, 0.2) is 0 Å². The molecule has 1 aromatic heterocycles. The lowest BCUT2D eigenvalue weighted by Crippen LogP contribution is -2.39. The summed E-state index contributed by atoms with van der Waals surface area (Å²) in [6.45, 7) is 2.21. The third-order valence-electron chi connectivity index (χ3n) is 2.87. The SMILES string of the molecule is CN1CCCC(Nc2cc(C#N)ccn2)C1. The van der Waals surface area contributed by atoms with Crippen molar-refractivity contribution >= 4 is 5.82 Å². The quantitative estimate of drug-likeness (QED) is 0.813. The minimum absolute atomic E-state index is 0.445. The molecular weight excluding hydrogens is 200 g/mol. The van der Waals surface area contributed by atoms with E-state index in [0.29, 0.717) is 11.6 Å². The van der Waals surface area contributed by atoms with E-state index in [9.17, 15) is 0 Å². The molecule has 0 bridgehead atoms. The summed E-state index contributed by atoms with van der Waals surface area (Å²) in [7, 11) is 2.13. The van der Waals surface area contributed by atoms with Gasteiger partial charge in [-0.25, -0.2) is 4.98 Å². The lowest BCUT2D eigenvalue weighted by molar-refractivity contribution is 0.261. The minimum Gasteiger partial charge on any atom is -0.366 e. The zero-order valence-corrected chi connectivity index (χ0v) is 9.48. The van der Waals surface area contributed by atoms with Crippen LogP contribution in [0.2, 0.25) is 0 Å². The number of piperidine rings is 1. The average Bonchev–Trinajstić information content (AvgIpc) is 2.29. The molecule has 84 valence electrons. The molecular formula is C12H16N4. The predicted octanol–water partition coefficient (Wildman–Crippen LogP) is 1.46. The standard InChI is InChI=1S/C12H16N4/c1-16-6-2-3-11(9-16)15-12-7-10(8-13)4-5-14-12/h4-5,7,11H,2-3,6,9H2,1H3,(H,14,15). The van der Waals surface area contributed by atoms with Crippen molar-refractivity contribution in [1.82, 2.24) is 9.88 Å². The Labute approximate surface area is 95.9 Å². The van der Waals surface area contributed by atoms with Crippen LogP contribution in [0.5, 0.6) is 0 Å². The van der Waals surface area contributed by atoms with E-state index in [4.69, 9.17) is 5.26 Å². The first kappa shape index (κ1) is 10.9. The third kappa shape index (κ3) is 2.71. The van der Waals surface area contributed by atoms with Crippen molar-refractivity contribution in [3.8, 4) is 6.07 Å². The zero-order chi connectivity index (χ0) is 11.4. The molecule has 0 aliphatic carbocycles. The van der Waals surface area contributed by atoms with E-state index in [1.165, 1.54) is 19.4 Å². The van der Waals surface area contributed by atoms with Gasteiger partial charge in [0, 0.05) is 18.8 Å². The highest BCUT2D eigenvalue weighted by Crippen LogP contribution is 2.14. The number of hydrogen-bond acceptors (Lipinski definition) is 4. The monoisotopic (exact) mass is 216 g/mol. The number of anilines is 1. The minimum atomic E-state index is 0.445. The molecule has 1 saturated heterocycles. The summed E-state index contributed by atoms with van der Waals surface area (Å²) >= 11 is 0. The van der Waals surface area contributed by atoms with Crippen molar-refractivity contribution in [1.29, 1.82) is 5.26 Å². The Bertz CT molecular complexity index is 396. The number of likely N-dealkylation sites (N-methyl/N-ethyl adjacent to an activating group) is 1. The number of aromatic nitrogens is 1. The van der Waals surface area contributed by atoms with Crippen molar-refractivity contribution in [2.24, 2.45) is 0 Å². The first-order chi connectivity index (χ1) is 7.78. The van der Waals surface area contributed by atoms with Crippen LogP contribution in [0.25, 0.3) is 0 Å². The Morgan fingerprint density at radius 2 is 2.50 bits per heavy atom. The van der Waals surface area contributed by atoms with E-state index in [2.05, 4.69) is 28.3 Å². The third-order valence-corrected chi connectivity index (χ3v) is 2.87. The van der Waals surface area contributed by atoms with Crippen LogP contribution in [0.1, 0.15) is 18.4 Å². The molecule has 0 aromatic carbocycles. The fourth-order valence-corrected chi connectivity index (χ4v) is 2.07. The lowest BCUT2D eigenvalue weighted by Gasteiger charge is -2.30. The van der Waals surface area contributed by atoms with Crippen molar-refractivity contribution in [3.63, 3.8) is 0 Å². The topological polar surface area (TPSA) is 52.0 Å². The van der Waals surface area contributed by atoms with Gasteiger partial charge in [-0.05, 0) is 38.6 Å². The summed E-state index contributed by atoms with van der Waals surface area (Å²) in [5.74, 6) is 0.805. The predicted molar refractivity (Wildman–Crippen MR) is 63.1 cm³/mol. The summed E-state index contributed by atoms with van der Waals surface area (Å²) < 4.78 is 0. The number of nitrogens with one attached hydrogen (secondary N) is 1. The lowest BCUT2D eigenvalue weighted by atomic mass is 10.1. The molecule has 2 rings (SSSR count). The number of nitrogens with zero attached hydrogens (tertiary/aromatic N) is 3. The van der Waals surface area contributed by atoms with Gasteiger partial charge in [-0.15, -0.1) is 0 Å². The molecule has 1 atom stereocenters. The fourth-order valence-electron chi connectivity index (χ4n) is 2.07. The van der Waals surface area contributed by atoms with Crippen LogP contribution >= 0.6 is 0 Å². The number of rotatable bonds is 2. The molecule has 0 radical (unpaired) electrons. The fraction of sp³-hybridized carbons (Fsp3) is 0.500. The molecule has 2 heterocycles. The van der Waals surface area contributed by atoms with Gasteiger partial charge < -0.3 is 10.2 Å². The maximum absolute atomic E-state index is 8.80. The van der Waals surface area contributed by atoms with E-state index in [0.717, 1.165) is 12.4 Å². The Balaban J connectivity index is 2.00. The molecule has 4 heteroatoms. The van der Waals surface area contributed by atoms with Gasteiger partial charge in [0.25, 0.3) is 0 Å². The molecule has 1 fully saturated rings. The van der Waals surface area contributed by atoms with Crippen molar-refractivity contribution in [2.75, 3.05) is 25.5 Å². The number of hydrogen-bond donors (Lipinski definition) is 1. The van der Waals surface area contributed by atoms with Gasteiger partial charge in [0.05, 0.1) is 11.6 Å². The van der Waals surface area contributed by atoms with E-state index in [-0.39, 0.29) is 0 Å². The van der Waals surface area contributed by atoms with Gasteiger partial charge in [-0.1, -0.05) is 0 Å². The van der Waals surface area contributed by atoms with Crippen molar-refractivity contribution in [2.45, 2.75) is 18.9 Å². The second kappa shape index (κ2) is 4.95. The Morgan fingerprint density at radius 3 is 3.25 bits per heavy atom. The molecule has 1 N–H and O–H groups in total. The number of likely N-dealkylation sites (tertiary alicyclic amines) is 1. The van der Waals surface area contributed by atoms with Crippen molar-refractivity contribution < 1.29 is 0 Å². The van der Waals surface area contributed by atoms with Crippen LogP contribution < -0.4 is 5.32 Å². The van der Waals surface area contributed by atoms with Crippen LogP contribution in [0.4, 0.5) is 5.82 Å². The molecule has 1 aliphatic rings. The van der Waals surface area contributed by atoms with Gasteiger partial charge in [0.1, 0.15) is 5.82 Å². The van der Waals surface area contributed by atoms with Crippen molar-refractivity contribution in [3.05, 3.63) is 23.9 Å². The van der Waals surface area contributed by atoms with Gasteiger partial charge >= 0.3 is 0 Å². The van der Waals surface area contributed by atoms with E-state index in [1.807, 2.05) is 0 Å². The summed E-state index contributed by atoms with van der Waals surface area (Å²) in [5.41, 5.74) is 0.654. The van der Waals surface area contributed by atoms with Crippen LogP contribution in [0.15, 0.2) is 18.3 Å². The summed E-state index contributed by atoms with van der Waals surface area (Å²) in [6, 6.07) is 6.09. The van der Waals surface area contributed by atoms with E-state index < -0.39 is 0 Å². The zero-order valence-electron chi connectivity index (χ0n) is 9.48. The Kier molecular flexibility index (Phi) is 3.37. The maximum atomic E-state index is 8.80. The normalized spacial score (nSPS) is 21.4. The Hall–Kier alpha value is -1.60.